The minimum absolute atomic E-state index is 0.613. The van der Waals surface area contributed by atoms with Crippen LogP contribution in [0.25, 0.3) is 5.69 Å². The summed E-state index contributed by atoms with van der Waals surface area (Å²) >= 11 is 2.27. The van der Waals surface area contributed by atoms with E-state index in [2.05, 4.69) is 43.4 Å². The van der Waals surface area contributed by atoms with Gasteiger partial charge in [-0.25, -0.2) is 0 Å². The van der Waals surface area contributed by atoms with Crippen molar-refractivity contribution in [2.45, 2.75) is 6.54 Å². The number of benzene rings is 1. The summed E-state index contributed by atoms with van der Waals surface area (Å²) in [5.41, 5.74) is 0.962. The largest absolute Gasteiger partial charge is 0.383 e. The normalized spacial score (nSPS) is 10.8. The highest BCUT2D eigenvalue weighted by atomic mass is 127. The number of nitrogens with zero attached hydrogens (tertiary/aromatic N) is 4. The maximum absolute atomic E-state index is 4.97. The summed E-state index contributed by atoms with van der Waals surface area (Å²) in [4.78, 5) is 0. The Morgan fingerprint density at radius 1 is 1.33 bits per heavy atom. The molecule has 0 aliphatic carbocycles. The predicted molar refractivity (Wildman–Crippen MR) is 75.5 cm³/mol. The molecule has 18 heavy (non-hydrogen) atoms. The molecule has 6 nitrogen and oxygen atoms in total. The molecule has 0 saturated heterocycles. The number of aromatic nitrogens is 4. The van der Waals surface area contributed by atoms with Crippen molar-refractivity contribution in [3.05, 3.63) is 33.7 Å². The number of hydrogen-bond acceptors (Lipinski definition) is 5. The minimum atomic E-state index is 0.613. The maximum Gasteiger partial charge on any atom is 0.170 e. The molecular weight excluding hydrogens is 345 g/mol. The molecular formula is C11H14IN5O. The molecule has 7 heteroatoms. The standard InChI is InChI=1S/C11H14IN5O/c1-18-7-6-13-8-11-14-15-16-17(11)10-4-2-9(12)3-5-10/h2-5,13H,6-8H2,1H3. The molecule has 1 N–H and O–H groups in total. The van der Waals surface area contributed by atoms with Crippen LogP contribution in [0.4, 0.5) is 0 Å². The lowest BCUT2D eigenvalue weighted by Gasteiger charge is -2.05. The van der Waals surface area contributed by atoms with Crippen molar-refractivity contribution < 1.29 is 4.74 Å². The van der Waals surface area contributed by atoms with Crippen LogP contribution in [0.2, 0.25) is 0 Å². The molecule has 0 radical (unpaired) electrons. The van der Waals surface area contributed by atoms with Crippen LogP contribution < -0.4 is 5.32 Å². The summed E-state index contributed by atoms with van der Waals surface area (Å²) in [6.07, 6.45) is 0. The van der Waals surface area contributed by atoms with Gasteiger partial charge in [0.05, 0.1) is 18.8 Å². The summed E-state index contributed by atoms with van der Waals surface area (Å²) < 4.78 is 7.88. The zero-order chi connectivity index (χ0) is 12.8. The Morgan fingerprint density at radius 2 is 2.11 bits per heavy atom. The smallest absolute Gasteiger partial charge is 0.170 e. The van der Waals surface area contributed by atoms with Crippen LogP contribution in [0, 0.1) is 3.57 Å². The first-order chi connectivity index (χ1) is 8.81. The third-order valence-electron chi connectivity index (χ3n) is 2.37. The van der Waals surface area contributed by atoms with Gasteiger partial charge in [0.25, 0.3) is 0 Å². The number of nitrogens with one attached hydrogen (secondary N) is 1. The van der Waals surface area contributed by atoms with E-state index in [0.29, 0.717) is 13.2 Å². The lowest BCUT2D eigenvalue weighted by Crippen LogP contribution is -2.21. The fourth-order valence-corrected chi connectivity index (χ4v) is 1.83. The van der Waals surface area contributed by atoms with Crippen molar-refractivity contribution in [2.24, 2.45) is 0 Å². The van der Waals surface area contributed by atoms with Crippen molar-refractivity contribution >= 4 is 22.6 Å². The average Bonchev–Trinajstić information content (AvgIpc) is 2.84. The van der Waals surface area contributed by atoms with E-state index in [1.54, 1.807) is 11.8 Å². The van der Waals surface area contributed by atoms with Gasteiger partial charge in [-0.1, -0.05) is 0 Å². The summed E-state index contributed by atoms with van der Waals surface area (Å²) in [5, 5.41) is 14.9. The van der Waals surface area contributed by atoms with Gasteiger partial charge in [-0.05, 0) is 57.3 Å². The van der Waals surface area contributed by atoms with Gasteiger partial charge < -0.3 is 10.1 Å². The number of tetrazole rings is 1. The summed E-state index contributed by atoms with van der Waals surface area (Å²) in [7, 11) is 1.68. The number of halogens is 1. The molecule has 0 aliphatic rings. The summed E-state index contributed by atoms with van der Waals surface area (Å²) in [6, 6.07) is 8.05. The molecule has 1 heterocycles. The molecule has 2 rings (SSSR count). The zero-order valence-corrected chi connectivity index (χ0v) is 12.2. The van der Waals surface area contributed by atoms with Gasteiger partial charge >= 0.3 is 0 Å². The highest BCUT2D eigenvalue weighted by Crippen LogP contribution is 2.11. The van der Waals surface area contributed by atoms with Gasteiger partial charge in [-0.3, -0.25) is 0 Å². The second-order valence-electron chi connectivity index (χ2n) is 3.65. The quantitative estimate of drug-likeness (QED) is 0.616. The Labute approximate surface area is 119 Å². The van der Waals surface area contributed by atoms with Crippen molar-refractivity contribution in [1.82, 2.24) is 25.5 Å². The Kier molecular flexibility index (Phi) is 5.02. The molecule has 0 spiro atoms. The summed E-state index contributed by atoms with van der Waals surface area (Å²) in [5.74, 6) is 0.785. The van der Waals surface area contributed by atoms with Gasteiger partial charge in [-0.2, -0.15) is 4.68 Å². The highest BCUT2D eigenvalue weighted by Gasteiger charge is 2.07. The van der Waals surface area contributed by atoms with Crippen LogP contribution in [0.1, 0.15) is 5.82 Å². The Hall–Kier alpha value is -1.06. The van der Waals surface area contributed by atoms with Crippen LogP contribution in [0.5, 0.6) is 0 Å². The first kappa shape index (κ1) is 13.4. The molecule has 0 amide bonds. The molecule has 0 saturated carbocycles. The molecule has 1 aromatic carbocycles. The number of methoxy groups -OCH3 is 1. The van der Waals surface area contributed by atoms with Crippen molar-refractivity contribution in [3.8, 4) is 5.69 Å². The first-order valence-electron chi connectivity index (χ1n) is 5.54. The predicted octanol–water partition coefficient (Wildman–Crippen LogP) is 1.00. The van der Waals surface area contributed by atoms with Crippen LogP contribution in [-0.4, -0.2) is 40.5 Å². The molecule has 0 aliphatic heterocycles. The first-order valence-corrected chi connectivity index (χ1v) is 6.62. The van der Waals surface area contributed by atoms with E-state index in [0.717, 1.165) is 18.1 Å². The Morgan fingerprint density at radius 3 is 2.83 bits per heavy atom. The van der Waals surface area contributed by atoms with E-state index in [-0.39, 0.29) is 0 Å². The molecule has 96 valence electrons. The number of hydrogen-bond donors (Lipinski definition) is 1. The molecule has 2 aromatic rings. The van der Waals surface area contributed by atoms with Gasteiger partial charge in [0.15, 0.2) is 5.82 Å². The fraction of sp³-hybridized carbons (Fsp3) is 0.364. The van der Waals surface area contributed by atoms with E-state index in [1.807, 2.05) is 24.3 Å². The van der Waals surface area contributed by atoms with E-state index < -0.39 is 0 Å². The topological polar surface area (TPSA) is 64.9 Å². The van der Waals surface area contributed by atoms with E-state index in [1.165, 1.54) is 3.57 Å². The van der Waals surface area contributed by atoms with E-state index in [4.69, 9.17) is 4.74 Å². The number of rotatable bonds is 6. The lowest BCUT2D eigenvalue weighted by molar-refractivity contribution is 0.199. The Balaban J connectivity index is 2.05. The van der Waals surface area contributed by atoms with Crippen LogP contribution in [0.3, 0.4) is 0 Å². The van der Waals surface area contributed by atoms with Crippen molar-refractivity contribution in [1.29, 1.82) is 0 Å². The van der Waals surface area contributed by atoms with Crippen molar-refractivity contribution in [3.63, 3.8) is 0 Å². The van der Waals surface area contributed by atoms with E-state index in [9.17, 15) is 0 Å². The van der Waals surface area contributed by atoms with Gasteiger partial charge in [-0.15, -0.1) is 5.10 Å². The second-order valence-corrected chi connectivity index (χ2v) is 4.90. The van der Waals surface area contributed by atoms with Crippen LogP contribution in [0.15, 0.2) is 24.3 Å². The molecule has 0 unspecified atom stereocenters. The molecule has 0 fully saturated rings. The van der Waals surface area contributed by atoms with Crippen molar-refractivity contribution in [2.75, 3.05) is 20.3 Å². The van der Waals surface area contributed by atoms with Gasteiger partial charge in [0.1, 0.15) is 0 Å². The minimum Gasteiger partial charge on any atom is -0.383 e. The zero-order valence-electron chi connectivity index (χ0n) is 10.0. The second kappa shape index (κ2) is 6.76. The maximum atomic E-state index is 4.97. The average molecular weight is 359 g/mol. The number of ether oxygens (including phenoxy) is 1. The lowest BCUT2D eigenvalue weighted by atomic mass is 10.3. The molecule has 0 bridgehead atoms. The molecule has 1 aromatic heterocycles. The van der Waals surface area contributed by atoms with E-state index >= 15 is 0 Å². The van der Waals surface area contributed by atoms with Crippen LogP contribution in [-0.2, 0) is 11.3 Å². The van der Waals surface area contributed by atoms with Crippen LogP contribution >= 0.6 is 22.6 Å². The monoisotopic (exact) mass is 359 g/mol. The molecule has 0 atom stereocenters. The summed E-state index contributed by atoms with van der Waals surface area (Å²) in [6.45, 7) is 2.06. The SMILES string of the molecule is COCCNCc1nnnn1-c1ccc(I)cc1. The third-order valence-corrected chi connectivity index (χ3v) is 3.09. The van der Waals surface area contributed by atoms with Gasteiger partial charge in [0, 0.05) is 17.2 Å². The Bertz CT molecular complexity index is 484. The highest BCUT2D eigenvalue weighted by molar-refractivity contribution is 14.1. The fourth-order valence-electron chi connectivity index (χ4n) is 1.47. The van der Waals surface area contributed by atoms with Gasteiger partial charge in [0.2, 0.25) is 0 Å². The third kappa shape index (κ3) is 3.47.